The monoisotopic (exact) mass is 281 g/mol. The lowest BCUT2D eigenvalue weighted by molar-refractivity contribution is -0.140. The number of carboxylic acids is 1. The maximum absolute atomic E-state index is 11.5. The fourth-order valence-electron chi connectivity index (χ4n) is 1.38. The Kier molecular flexibility index (Phi) is 5.39. The van der Waals surface area contributed by atoms with Crippen LogP contribution in [0.5, 0.6) is 0 Å². The molecule has 1 heterocycles. The lowest BCUT2D eigenvalue weighted by atomic mass is 10.2. The minimum absolute atomic E-state index is 0.109. The number of hydrogen-bond donors (Lipinski definition) is 4. The second-order valence-electron chi connectivity index (χ2n) is 3.98. The van der Waals surface area contributed by atoms with Crippen molar-refractivity contribution in [3.05, 3.63) is 23.8 Å². The lowest BCUT2D eigenvalue weighted by Gasteiger charge is -2.13. The summed E-state index contributed by atoms with van der Waals surface area (Å²) in [6, 6.07) is -0.472. The first kappa shape index (κ1) is 15.3. The van der Waals surface area contributed by atoms with Gasteiger partial charge in [-0.2, -0.15) is 0 Å². The Morgan fingerprint density at radius 2 is 2.15 bits per heavy atom. The van der Waals surface area contributed by atoms with Gasteiger partial charge in [-0.3, -0.25) is 4.79 Å². The minimum Gasteiger partial charge on any atom is -0.480 e. The van der Waals surface area contributed by atoms with Crippen molar-refractivity contribution in [2.75, 3.05) is 0 Å². The molecule has 0 aromatic carbocycles. The fourth-order valence-corrected chi connectivity index (χ4v) is 1.38. The number of aliphatic carboxylic acids is 1. The van der Waals surface area contributed by atoms with Crippen LogP contribution in [0.4, 0.5) is 4.79 Å². The number of aryl methyl sites for hydroxylation is 1. The molecule has 0 aliphatic rings. The Hall–Kier alpha value is -2.71. The van der Waals surface area contributed by atoms with Gasteiger partial charge < -0.3 is 21.5 Å². The molecule has 0 fully saturated rings. The zero-order chi connectivity index (χ0) is 15.1. The van der Waals surface area contributed by atoms with E-state index in [0.29, 0.717) is 11.5 Å². The number of rotatable bonds is 6. The first-order valence-electron chi connectivity index (χ1n) is 5.72. The van der Waals surface area contributed by atoms with Gasteiger partial charge in [-0.15, -0.1) is 0 Å². The molecule has 0 radical (unpaired) electrons. The zero-order valence-electron chi connectivity index (χ0n) is 10.8. The van der Waals surface area contributed by atoms with Crippen molar-refractivity contribution in [3.8, 4) is 0 Å². The summed E-state index contributed by atoms with van der Waals surface area (Å²) in [5, 5.41) is 13.4. The van der Waals surface area contributed by atoms with Gasteiger partial charge in [-0.05, 0) is 13.0 Å². The number of carbonyl (C=O) groups is 3. The highest BCUT2D eigenvalue weighted by atomic mass is 16.4. The average molecular weight is 281 g/mol. The van der Waals surface area contributed by atoms with Crippen LogP contribution in [0.3, 0.4) is 0 Å². The van der Waals surface area contributed by atoms with E-state index in [1.54, 1.807) is 19.2 Å². The van der Waals surface area contributed by atoms with E-state index in [9.17, 15) is 14.4 Å². The van der Waals surface area contributed by atoms with Gasteiger partial charge in [0.15, 0.2) is 0 Å². The number of aromatic nitrogens is 2. The van der Waals surface area contributed by atoms with Crippen molar-refractivity contribution in [1.29, 1.82) is 0 Å². The molecule has 1 rings (SSSR count). The third-order valence-corrected chi connectivity index (χ3v) is 2.27. The van der Waals surface area contributed by atoms with Crippen molar-refractivity contribution in [2.45, 2.75) is 25.9 Å². The van der Waals surface area contributed by atoms with Gasteiger partial charge in [0.2, 0.25) is 5.91 Å². The van der Waals surface area contributed by atoms with Crippen LogP contribution in [0.15, 0.2) is 12.3 Å². The van der Waals surface area contributed by atoms with E-state index in [4.69, 9.17) is 10.8 Å². The van der Waals surface area contributed by atoms with E-state index in [0.717, 1.165) is 0 Å². The average Bonchev–Trinajstić information content (AvgIpc) is 2.35. The molecule has 0 saturated carbocycles. The number of hydrogen-bond acceptors (Lipinski definition) is 5. The second-order valence-corrected chi connectivity index (χ2v) is 3.98. The molecule has 0 spiro atoms. The van der Waals surface area contributed by atoms with Crippen molar-refractivity contribution in [2.24, 2.45) is 5.73 Å². The first-order valence-corrected chi connectivity index (χ1v) is 5.72. The van der Waals surface area contributed by atoms with Crippen LogP contribution in [0.25, 0.3) is 0 Å². The van der Waals surface area contributed by atoms with Crippen LogP contribution >= 0.6 is 0 Å². The van der Waals surface area contributed by atoms with Gasteiger partial charge in [0.05, 0.1) is 18.7 Å². The SMILES string of the molecule is Cc1nccc(CNC(=O)NC(CC(N)=O)C(=O)O)n1. The van der Waals surface area contributed by atoms with Gasteiger partial charge in [0.1, 0.15) is 11.9 Å². The molecule has 1 atom stereocenters. The van der Waals surface area contributed by atoms with E-state index >= 15 is 0 Å². The molecule has 0 aliphatic carbocycles. The zero-order valence-corrected chi connectivity index (χ0v) is 10.8. The van der Waals surface area contributed by atoms with E-state index in [1.807, 2.05) is 0 Å². The normalized spacial score (nSPS) is 11.4. The summed E-state index contributed by atoms with van der Waals surface area (Å²) in [5.74, 6) is -1.59. The number of primary amides is 1. The van der Waals surface area contributed by atoms with Gasteiger partial charge in [-0.25, -0.2) is 19.6 Å². The number of urea groups is 1. The Morgan fingerprint density at radius 1 is 1.45 bits per heavy atom. The van der Waals surface area contributed by atoms with Crippen LogP contribution in [0.1, 0.15) is 17.9 Å². The molecular weight excluding hydrogens is 266 g/mol. The Bertz CT molecular complexity index is 519. The number of nitrogens with one attached hydrogen (secondary N) is 2. The number of amides is 3. The van der Waals surface area contributed by atoms with Gasteiger partial charge in [-0.1, -0.05) is 0 Å². The molecule has 20 heavy (non-hydrogen) atoms. The molecule has 0 aliphatic heterocycles. The Morgan fingerprint density at radius 3 is 2.70 bits per heavy atom. The third-order valence-electron chi connectivity index (χ3n) is 2.27. The standard InChI is InChI=1S/C11H15N5O4/c1-6-13-3-2-7(15-6)5-14-11(20)16-8(10(18)19)4-9(12)17/h2-3,8H,4-5H2,1H3,(H2,12,17)(H,18,19)(H2,14,16,20). The summed E-state index contributed by atoms with van der Waals surface area (Å²) < 4.78 is 0. The summed E-state index contributed by atoms with van der Waals surface area (Å²) in [7, 11) is 0. The molecule has 9 heteroatoms. The second kappa shape index (κ2) is 7.02. The van der Waals surface area contributed by atoms with E-state index in [-0.39, 0.29) is 6.54 Å². The quantitative estimate of drug-likeness (QED) is 0.521. The molecule has 1 aromatic rings. The Labute approximate surface area is 114 Å². The van der Waals surface area contributed by atoms with E-state index in [2.05, 4.69) is 20.6 Å². The molecule has 5 N–H and O–H groups in total. The maximum Gasteiger partial charge on any atom is 0.326 e. The van der Waals surface area contributed by atoms with Crippen LogP contribution in [-0.4, -0.2) is 39.0 Å². The predicted octanol–water partition coefficient (Wildman–Crippen LogP) is -1.09. The minimum atomic E-state index is -1.36. The molecule has 9 nitrogen and oxygen atoms in total. The lowest BCUT2D eigenvalue weighted by Crippen LogP contribution is -2.47. The first-order chi connectivity index (χ1) is 9.38. The topological polar surface area (TPSA) is 147 Å². The molecule has 0 bridgehead atoms. The summed E-state index contributed by atoms with van der Waals surface area (Å²) >= 11 is 0. The number of carbonyl (C=O) groups excluding carboxylic acids is 2. The van der Waals surface area contributed by atoms with Crippen LogP contribution in [0.2, 0.25) is 0 Å². The number of nitrogens with two attached hydrogens (primary N) is 1. The van der Waals surface area contributed by atoms with Gasteiger partial charge in [0.25, 0.3) is 0 Å². The predicted molar refractivity (Wildman–Crippen MR) is 67.4 cm³/mol. The smallest absolute Gasteiger partial charge is 0.326 e. The summed E-state index contributed by atoms with van der Waals surface area (Å²) in [6.45, 7) is 1.81. The van der Waals surface area contributed by atoms with E-state index < -0.39 is 30.4 Å². The fraction of sp³-hybridized carbons (Fsp3) is 0.364. The highest BCUT2D eigenvalue weighted by molar-refractivity contribution is 5.87. The molecule has 0 saturated heterocycles. The molecule has 108 valence electrons. The van der Waals surface area contributed by atoms with Crippen molar-refractivity contribution in [3.63, 3.8) is 0 Å². The molecule has 1 unspecified atom stereocenters. The Balaban J connectivity index is 2.49. The highest BCUT2D eigenvalue weighted by Gasteiger charge is 2.21. The summed E-state index contributed by atoms with van der Waals surface area (Å²) in [5.41, 5.74) is 5.48. The van der Waals surface area contributed by atoms with Crippen LogP contribution in [0, 0.1) is 6.92 Å². The highest BCUT2D eigenvalue weighted by Crippen LogP contribution is 1.95. The molecule has 3 amide bonds. The van der Waals surface area contributed by atoms with Crippen LogP contribution < -0.4 is 16.4 Å². The largest absolute Gasteiger partial charge is 0.480 e. The number of nitrogens with zero attached hydrogens (tertiary/aromatic N) is 2. The summed E-state index contributed by atoms with van der Waals surface area (Å²) in [4.78, 5) is 41.0. The number of carboxylic acid groups (broad SMARTS) is 1. The third kappa shape index (κ3) is 5.29. The van der Waals surface area contributed by atoms with Crippen LogP contribution in [-0.2, 0) is 16.1 Å². The maximum atomic E-state index is 11.5. The van der Waals surface area contributed by atoms with Crippen molar-refractivity contribution >= 4 is 17.9 Å². The molecule has 1 aromatic heterocycles. The molecular formula is C11H15N5O4. The van der Waals surface area contributed by atoms with Crippen molar-refractivity contribution < 1.29 is 19.5 Å². The van der Waals surface area contributed by atoms with E-state index in [1.165, 1.54) is 0 Å². The van der Waals surface area contributed by atoms with Gasteiger partial charge >= 0.3 is 12.0 Å². The van der Waals surface area contributed by atoms with Gasteiger partial charge in [0, 0.05) is 6.20 Å². The summed E-state index contributed by atoms with van der Waals surface area (Å²) in [6.07, 6.45) is 1.07. The van der Waals surface area contributed by atoms with Crippen molar-refractivity contribution in [1.82, 2.24) is 20.6 Å².